The molecule has 1 saturated heterocycles. The van der Waals surface area contributed by atoms with Crippen molar-refractivity contribution in [1.82, 2.24) is 14.5 Å². The van der Waals surface area contributed by atoms with Crippen LogP contribution in [0.5, 0.6) is 0 Å². The minimum absolute atomic E-state index is 0.0146. The lowest BCUT2D eigenvalue weighted by molar-refractivity contribution is 0.0746. The molecule has 3 aromatic rings. The second-order valence-electron chi connectivity index (χ2n) is 7.17. The summed E-state index contributed by atoms with van der Waals surface area (Å²) in [5, 5.41) is 0. The third kappa shape index (κ3) is 3.92. The van der Waals surface area contributed by atoms with Gasteiger partial charge < -0.3 is 14.4 Å². The van der Waals surface area contributed by atoms with Crippen LogP contribution in [0.3, 0.4) is 0 Å². The molecule has 0 unspecified atom stereocenters. The number of carbonyl (C=O) groups excluding carboxylic acids is 1. The quantitative estimate of drug-likeness (QED) is 0.604. The van der Waals surface area contributed by atoms with Crippen LogP contribution in [-0.4, -0.2) is 46.5 Å². The van der Waals surface area contributed by atoms with Crippen molar-refractivity contribution in [1.29, 1.82) is 0 Å². The van der Waals surface area contributed by atoms with Gasteiger partial charge in [0.15, 0.2) is 5.82 Å². The van der Waals surface area contributed by atoms with E-state index in [-0.39, 0.29) is 11.5 Å². The Labute approximate surface area is 177 Å². The van der Waals surface area contributed by atoms with Crippen LogP contribution >= 0.6 is 15.9 Å². The Bertz CT molecular complexity index is 1100. The van der Waals surface area contributed by atoms with E-state index in [1.54, 1.807) is 0 Å². The summed E-state index contributed by atoms with van der Waals surface area (Å²) < 4.78 is 2.70. The average molecular weight is 455 g/mol. The summed E-state index contributed by atoms with van der Waals surface area (Å²) in [6.07, 6.45) is 0.877. The number of piperazine rings is 1. The van der Waals surface area contributed by atoms with Crippen molar-refractivity contribution >= 4 is 38.7 Å². The molecule has 1 amide bonds. The second kappa shape index (κ2) is 8.37. The topological polar surface area (TPSA) is 58.4 Å². The second-order valence-corrected chi connectivity index (χ2v) is 8.09. The third-order valence-electron chi connectivity index (χ3n) is 5.22. The lowest BCUT2D eigenvalue weighted by Crippen LogP contribution is -2.50. The predicted molar refractivity (Wildman–Crippen MR) is 119 cm³/mol. The van der Waals surface area contributed by atoms with Crippen LogP contribution in [0.1, 0.15) is 23.7 Å². The number of halogens is 1. The van der Waals surface area contributed by atoms with E-state index in [2.05, 4.69) is 27.8 Å². The SMILES string of the molecule is CCCn1c(=O)c(N2CCN(C(=O)c3cccc(Br)c3)CC2)nc2ccccc21. The number of benzene rings is 2. The molecule has 7 heteroatoms. The highest BCUT2D eigenvalue weighted by Gasteiger charge is 2.25. The molecule has 1 aliphatic heterocycles. The van der Waals surface area contributed by atoms with Gasteiger partial charge in [0.2, 0.25) is 0 Å². The Hall–Kier alpha value is -2.67. The molecule has 1 aromatic heterocycles. The summed E-state index contributed by atoms with van der Waals surface area (Å²) in [6.45, 7) is 5.03. The van der Waals surface area contributed by atoms with E-state index in [1.807, 2.05) is 62.9 Å². The molecule has 0 bridgehead atoms. The Morgan fingerprint density at radius 2 is 1.83 bits per heavy atom. The minimum Gasteiger partial charge on any atom is -0.348 e. The van der Waals surface area contributed by atoms with Crippen LogP contribution in [0, 0.1) is 0 Å². The lowest BCUT2D eigenvalue weighted by atomic mass is 10.2. The molecule has 0 radical (unpaired) electrons. The smallest absolute Gasteiger partial charge is 0.294 e. The van der Waals surface area contributed by atoms with Gasteiger partial charge in [-0.2, -0.15) is 0 Å². The van der Waals surface area contributed by atoms with E-state index >= 15 is 0 Å². The highest BCUT2D eigenvalue weighted by Crippen LogP contribution is 2.18. The van der Waals surface area contributed by atoms with Gasteiger partial charge in [0, 0.05) is 42.8 Å². The van der Waals surface area contributed by atoms with Crippen molar-refractivity contribution in [3.63, 3.8) is 0 Å². The molecular formula is C22H23BrN4O2. The molecule has 0 atom stereocenters. The summed E-state index contributed by atoms with van der Waals surface area (Å²) in [5.41, 5.74) is 2.30. The van der Waals surface area contributed by atoms with E-state index in [0.717, 1.165) is 21.9 Å². The molecule has 6 nitrogen and oxygen atoms in total. The zero-order chi connectivity index (χ0) is 20.4. The first-order valence-electron chi connectivity index (χ1n) is 9.88. The van der Waals surface area contributed by atoms with Crippen LogP contribution in [-0.2, 0) is 6.54 Å². The number of aryl methyl sites for hydroxylation is 1. The molecule has 2 heterocycles. The monoisotopic (exact) mass is 454 g/mol. The van der Waals surface area contributed by atoms with Crippen LogP contribution < -0.4 is 10.5 Å². The largest absolute Gasteiger partial charge is 0.348 e. The molecule has 2 aromatic carbocycles. The maximum Gasteiger partial charge on any atom is 0.294 e. The Balaban J connectivity index is 1.57. The van der Waals surface area contributed by atoms with Crippen molar-refractivity contribution in [2.75, 3.05) is 31.1 Å². The van der Waals surface area contributed by atoms with Crippen molar-refractivity contribution in [3.05, 3.63) is 68.9 Å². The Morgan fingerprint density at radius 1 is 1.07 bits per heavy atom. The first-order chi connectivity index (χ1) is 14.1. The summed E-state index contributed by atoms with van der Waals surface area (Å²) in [6, 6.07) is 15.2. The summed E-state index contributed by atoms with van der Waals surface area (Å²) in [5.74, 6) is 0.493. The normalized spacial score (nSPS) is 14.4. The fourth-order valence-corrected chi connectivity index (χ4v) is 4.16. The maximum absolute atomic E-state index is 13.1. The number of para-hydroxylation sites is 2. The van der Waals surface area contributed by atoms with Crippen molar-refractivity contribution in [2.45, 2.75) is 19.9 Å². The van der Waals surface area contributed by atoms with E-state index in [9.17, 15) is 9.59 Å². The van der Waals surface area contributed by atoms with Crippen LogP contribution in [0.15, 0.2) is 57.8 Å². The zero-order valence-corrected chi connectivity index (χ0v) is 17.9. The van der Waals surface area contributed by atoms with Crippen molar-refractivity contribution < 1.29 is 4.79 Å². The molecule has 1 fully saturated rings. The van der Waals surface area contributed by atoms with Gasteiger partial charge in [-0.1, -0.05) is 41.1 Å². The molecule has 0 aliphatic carbocycles. The van der Waals surface area contributed by atoms with Gasteiger partial charge in [-0.3, -0.25) is 9.59 Å². The summed E-state index contributed by atoms with van der Waals surface area (Å²) in [7, 11) is 0. The van der Waals surface area contributed by atoms with Crippen molar-refractivity contribution in [2.24, 2.45) is 0 Å². The number of nitrogens with zero attached hydrogens (tertiary/aromatic N) is 4. The van der Waals surface area contributed by atoms with Crippen molar-refractivity contribution in [3.8, 4) is 0 Å². The van der Waals surface area contributed by atoms with E-state index in [0.29, 0.717) is 44.1 Å². The summed E-state index contributed by atoms with van der Waals surface area (Å²) in [4.78, 5) is 34.4. The van der Waals surface area contributed by atoms with Crippen LogP contribution in [0.25, 0.3) is 11.0 Å². The highest BCUT2D eigenvalue weighted by atomic mass is 79.9. The Morgan fingerprint density at radius 3 is 2.55 bits per heavy atom. The number of rotatable bonds is 4. The Kier molecular flexibility index (Phi) is 5.67. The fraction of sp³-hybridized carbons (Fsp3) is 0.318. The molecule has 1 aliphatic rings. The van der Waals surface area contributed by atoms with Gasteiger partial charge in [-0.05, 0) is 36.8 Å². The standard InChI is InChI=1S/C22H23BrN4O2/c1-2-10-27-19-9-4-3-8-18(19)24-20(22(27)29)25-11-13-26(14-12-25)21(28)16-6-5-7-17(23)15-16/h3-9,15H,2,10-14H2,1H3. The number of hydrogen-bond donors (Lipinski definition) is 0. The van der Waals surface area contributed by atoms with E-state index in [4.69, 9.17) is 0 Å². The number of fused-ring (bicyclic) bond motifs is 1. The van der Waals surface area contributed by atoms with Gasteiger partial charge >= 0.3 is 0 Å². The molecule has 0 N–H and O–H groups in total. The number of aromatic nitrogens is 2. The van der Waals surface area contributed by atoms with E-state index in [1.165, 1.54) is 0 Å². The molecule has 0 saturated carbocycles. The van der Waals surface area contributed by atoms with E-state index < -0.39 is 0 Å². The molecule has 4 rings (SSSR count). The number of carbonyl (C=O) groups is 1. The maximum atomic E-state index is 13.1. The van der Waals surface area contributed by atoms with Gasteiger partial charge in [-0.25, -0.2) is 4.98 Å². The predicted octanol–water partition coefficient (Wildman–Crippen LogP) is 3.53. The minimum atomic E-state index is -0.0580. The van der Waals surface area contributed by atoms with Crippen LogP contribution in [0.2, 0.25) is 0 Å². The lowest BCUT2D eigenvalue weighted by Gasteiger charge is -2.35. The highest BCUT2D eigenvalue weighted by molar-refractivity contribution is 9.10. The zero-order valence-electron chi connectivity index (χ0n) is 16.3. The molecule has 0 spiro atoms. The third-order valence-corrected chi connectivity index (χ3v) is 5.71. The molecule has 29 heavy (non-hydrogen) atoms. The van der Waals surface area contributed by atoms with Gasteiger partial charge in [0.05, 0.1) is 11.0 Å². The van der Waals surface area contributed by atoms with Gasteiger partial charge in [0.25, 0.3) is 11.5 Å². The fourth-order valence-electron chi connectivity index (χ4n) is 3.76. The van der Waals surface area contributed by atoms with Gasteiger partial charge in [-0.15, -0.1) is 0 Å². The number of amides is 1. The summed E-state index contributed by atoms with van der Waals surface area (Å²) >= 11 is 3.42. The number of hydrogen-bond acceptors (Lipinski definition) is 4. The molecular weight excluding hydrogens is 432 g/mol. The van der Waals surface area contributed by atoms with Gasteiger partial charge in [0.1, 0.15) is 0 Å². The first kappa shape index (κ1) is 19.6. The first-order valence-corrected chi connectivity index (χ1v) is 10.7. The van der Waals surface area contributed by atoms with Crippen LogP contribution in [0.4, 0.5) is 5.82 Å². The molecule has 150 valence electrons. The average Bonchev–Trinajstić information content (AvgIpc) is 2.75. The number of anilines is 1.